The first-order chi connectivity index (χ1) is 26.9. The zero-order valence-corrected chi connectivity index (χ0v) is 30.5. The summed E-state index contributed by atoms with van der Waals surface area (Å²) in [5.41, 5.74) is 9.71. The van der Waals surface area contributed by atoms with Gasteiger partial charge in [-0.3, -0.25) is 0 Å². The largest absolute Gasteiger partial charge is 0.310 e. The molecule has 9 aromatic carbocycles. The monoisotopic (exact) mass is 714 g/mol. The molecule has 0 aliphatic heterocycles. The second kappa shape index (κ2) is 12.7. The smallest absolute Gasteiger partial charge is 0.125 e. The quantitative estimate of drug-likeness (QED) is 0.169. The van der Waals surface area contributed by atoms with E-state index in [1.165, 1.54) is 34.4 Å². The molecule has 0 bridgehead atoms. The van der Waals surface area contributed by atoms with E-state index in [1.807, 2.05) is 30.3 Å². The van der Waals surface area contributed by atoms with Gasteiger partial charge in [0, 0.05) is 38.6 Å². The van der Waals surface area contributed by atoms with E-state index in [-0.39, 0.29) is 11.6 Å². The van der Waals surface area contributed by atoms with Gasteiger partial charge < -0.3 is 9.80 Å². The number of rotatable bonds is 6. The summed E-state index contributed by atoms with van der Waals surface area (Å²) in [6, 6.07) is 60.5. The number of hydrogen-bond donors (Lipinski definition) is 0. The first kappa shape index (κ1) is 32.8. The Morgan fingerprint density at radius 2 is 0.873 bits per heavy atom. The Balaban J connectivity index is 1.21. The van der Waals surface area contributed by atoms with Crippen molar-refractivity contribution in [3.05, 3.63) is 205 Å². The van der Waals surface area contributed by atoms with Crippen LogP contribution in [0, 0.1) is 11.6 Å². The third-order valence-electron chi connectivity index (χ3n) is 11.3. The van der Waals surface area contributed by atoms with Gasteiger partial charge in [0.2, 0.25) is 0 Å². The Morgan fingerprint density at radius 3 is 1.49 bits per heavy atom. The zero-order valence-electron chi connectivity index (χ0n) is 30.5. The van der Waals surface area contributed by atoms with Crippen LogP contribution in [-0.4, -0.2) is 0 Å². The number of nitrogens with zero attached hydrogens (tertiary/aromatic N) is 2. The van der Waals surface area contributed by atoms with Gasteiger partial charge in [-0.1, -0.05) is 129 Å². The number of hydrogen-bond acceptors (Lipinski definition) is 2. The summed E-state index contributed by atoms with van der Waals surface area (Å²) in [7, 11) is 0. The molecule has 0 aromatic heterocycles. The van der Waals surface area contributed by atoms with Crippen molar-refractivity contribution in [1.29, 1.82) is 0 Å². The van der Waals surface area contributed by atoms with E-state index in [0.29, 0.717) is 0 Å². The summed E-state index contributed by atoms with van der Waals surface area (Å²) in [4.78, 5) is 4.38. The molecule has 1 aliphatic rings. The van der Waals surface area contributed by atoms with Gasteiger partial charge in [0.1, 0.15) is 11.6 Å². The molecule has 0 radical (unpaired) electrons. The minimum atomic E-state index is -0.418. The summed E-state index contributed by atoms with van der Waals surface area (Å²) in [5, 5.41) is 6.59. The van der Waals surface area contributed by atoms with Crippen molar-refractivity contribution in [2.45, 2.75) is 19.3 Å². The highest BCUT2D eigenvalue weighted by molar-refractivity contribution is 6.12. The van der Waals surface area contributed by atoms with Crippen molar-refractivity contribution in [2.24, 2.45) is 0 Å². The van der Waals surface area contributed by atoms with Crippen LogP contribution in [0.5, 0.6) is 0 Å². The van der Waals surface area contributed by atoms with Crippen molar-refractivity contribution < 1.29 is 8.78 Å². The average molecular weight is 715 g/mol. The summed E-state index contributed by atoms with van der Waals surface area (Å²) in [5.74, 6) is -0.577. The topological polar surface area (TPSA) is 6.48 Å². The van der Waals surface area contributed by atoms with Crippen LogP contribution < -0.4 is 9.80 Å². The first-order valence-corrected chi connectivity index (χ1v) is 18.6. The summed E-state index contributed by atoms with van der Waals surface area (Å²) >= 11 is 0. The first-order valence-electron chi connectivity index (χ1n) is 18.6. The molecule has 2 nitrogen and oxygen atoms in total. The average Bonchev–Trinajstić information content (AvgIpc) is 3.43. The molecule has 0 fully saturated rings. The van der Waals surface area contributed by atoms with E-state index >= 15 is 4.39 Å². The molecule has 0 spiro atoms. The fraction of sp³-hybridized carbons (Fsp3) is 0.0588. The van der Waals surface area contributed by atoms with Crippen molar-refractivity contribution in [1.82, 2.24) is 0 Å². The van der Waals surface area contributed by atoms with E-state index < -0.39 is 5.41 Å². The Bertz CT molecular complexity index is 2950. The van der Waals surface area contributed by atoms with Crippen LogP contribution in [0.2, 0.25) is 0 Å². The molecular weight excluding hydrogens is 679 g/mol. The van der Waals surface area contributed by atoms with Crippen molar-refractivity contribution in [3.8, 4) is 11.1 Å². The maximum absolute atomic E-state index is 15.1. The highest BCUT2D eigenvalue weighted by Crippen LogP contribution is 2.56. The third kappa shape index (κ3) is 5.28. The highest BCUT2D eigenvalue weighted by atomic mass is 19.1. The Kier molecular flexibility index (Phi) is 7.57. The van der Waals surface area contributed by atoms with Crippen LogP contribution in [0.3, 0.4) is 0 Å². The lowest BCUT2D eigenvalue weighted by Crippen LogP contribution is -2.18. The molecule has 0 heterocycles. The van der Waals surface area contributed by atoms with E-state index in [2.05, 4.69) is 139 Å². The van der Waals surface area contributed by atoms with Gasteiger partial charge >= 0.3 is 0 Å². The van der Waals surface area contributed by atoms with E-state index in [4.69, 9.17) is 0 Å². The third-order valence-corrected chi connectivity index (χ3v) is 11.3. The van der Waals surface area contributed by atoms with Gasteiger partial charge in [0.25, 0.3) is 0 Å². The second-order valence-electron chi connectivity index (χ2n) is 14.8. The van der Waals surface area contributed by atoms with Gasteiger partial charge in [-0.25, -0.2) is 8.78 Å². The van der Waals surface area contributed by atoms with Crippen LogP contribution in [0.1, 0.15) is 25.0 Å². The predicted molar refractivity (Wildman–Crippen MR) is 226 cm³/mol. The van der Waals surface area contributed by atoms with Crippen molar-refractivity contribution >= 4 is 66.4 Å². The fourth-order valence-electron chi connectivity index (χ4n) is 8.75. The lowest BCUT2D eigenvalue weighted by atomic mass is 9.81. The van der Waals surface area contributed by atoms with Crippen molar-refractivity contribution in [2.75, 3.05) is 9.80 Å². The Labute approximate surface area is 319 Å². The van der Waals surface area contributed by atoms with Gasteiger partial charge in [0.05, 0.1) is 17.1 Å². The van der Waals surface area contributed by atoms with Crippen LogP contribution in [0.15, 0.2) is 182 Å². The minimum Gasteiger partial charge on any atom is -0.310 e. The summed E-state index contributed by atoms with van der Waals surface area (Å²) < 4.78 is 30.1. The van der Waals surface area contributed by atoms with Gasteiger partial charge in [0.15, 0.2) is 0 Å². The summed E-state index contributed by atoms with van der Waals surface area (Å²) in [6.07, 6.45) is 0. The molecule has 55 heavy (non-hydrogen) atoms. The molecule has 0 saturated carbocycles. The lowest BCUT2D eigenvalue weighted by Gasteiger charge is -2.31. The van der Waals surface area contributed by atoms with Crippen LogP contribution in [0.25, 0.3) is 43.4 Å². The number of fused-ring (bicyclic) bond motifs is 7. The Hall–Kier alpha value is -6.78. The standard InChI is InChI=1S/C51H36F2N2/c1-51(2)45-31-39(54(37-19-11-17-35(52)29-37)47-25-9-15-33-13-3-5-21-40(33)47)27-28-44(45)50-43-24-8-7-23-42(43)49(32-46(50)51)55(38-20-12-18-36(53)30-38)48-26-10-16-34-14-4-6-22-41(34)48/h3-32H,1-2H3. The molecule has 1 aliphatic carbocycles. The predicted octanol–water partition coefficient (Wildman–Crippen LogP) is 14.7. The minimum absolute atomic E-state index is 0.287. The normalized spacial score (nSPS) is 12.9. The molecule has 0 amide bonds. The lowest BCUT2D eigenvalue weighted by molar-refractivity contribution is 0.627. The number of benzene rings is 9. The zero-order chi connectivity index (χ0) is 37.3. The molecule has 9 aromatic rings. The fourth-order valence-corrected chi connectivity index (χ4v) is 8.75. The second-order valence-corrected chi connectivity index (χ2v) is 14.8. The molecule has 0 atom stereocenters. The molecule has 10 rings (SSSR count). The van der Waals surface area contributed by atoms with E-state index in [9.17, 15) is 4.39 Å². The molecular formula is C51H36F2N2. The maximum atomic E-state index is 15.1. The molecule has 0 unspecified atom stereocenters. The Morgan fingerprint density at radius 1 is 0.382 bits per heavy atom. The maximum Gasteiger partial charge on any atom is 0.125 e. The van der Waals surface area contributed by atoms with Crippen LogP contribution in [0.4, 0.5) is 42.9 Å². The number of halogens is 2. The molecule has 264 valence electrons. The van der Waals surface area contributed by atoms with Crippen LogP contribution >= 0.6 is 0 Å². The number of anilines is 6. The van der Waals surface area contributed by atoms with Gasteiger partial charge in [-0.05, 0) is 105 Å². The SMILES string of the molecule is CC1(C)c2cc(N(c3cccc(F)c3)c3cccc4ccccc34)ccc2-c2c1cc(N(c1cccc(F)c1)c1cccc3ccccc13)c1ccccc21. The molecule has 4 heteroatoms. The van der Waals surface area contributed by atoms with Crippen LogP contribution in [-0.2, 0) is 5.41 Å². The van der Waals surface area contributed by atoms with E-state index in [1.54, 1.807) is 24.3 Å². The van der Waals surface area contributed by atoms with Gasteiger partial charge in [-0.2, -0.15) is 0 Å². The highest BCUT2D eigenvalue weighted by Gasteiger charge is 2.38. The molecule has 0 N–H and O–H groups in total. The van der Waals surface area contributed by atoms with Crippen molar-refractivity contribution in [3.63, 3.8) is 0 Å². The molecule has 0 saturated heterocycles. The summed E-state index contributed by atoms with van der Waals surface area (Å²) in [6.45, 7) is 4.57. The van der Waals surface area contributed by atoms with Gasteiger partial charge in [-0.15, -0.1) is 0 Å². The van der Waals surface area contributed by atoms with E-state index in [0.717, 1.165) is 66.4 Å².